The lowest BCUT2D eigenvalue weighted by molar-refractivity contribution is -0.117. The van der Waals surface area contributed by atoms with E-state index in [0.29, 0.717) is 6.42 Å². The van der Waals surface area contributed by atoms with E-state index in [1.807, 2.05) is 13.1 Å². The Kier molecular flexibility index (Phi) is 3.20. The number of carbonyl (C=O) groups excluding carboxylic acids is 1. The Morgan fingerprint density at radius 2 is 2.11 bits per heavy atom. The molecule has 1 aromatic rings. The Bertz CT molecular complexity index is 479. The molecule has 3 heteroatoms. The molecule has 18 heavy (non-hydrogen) atoms. The van der Waals surface area contributed by atoms with Gasteiger partial charge < -0.3 is 10.6 Å². The van der Waals surface area contributed by atoms with Crippen LogP contribution in [-0.2, 0) is 11.2 Å². The first kappa shape index (κ1) is 13.1. The van der Waals surface area contributed by atoms with E-state index in [1.54, 1.807) is 4.90 Å². The molecule has 1 aliphatic rings. The highest BCUT2D eigenvalue weighted by atomic mass is 16.2. The number of likely N-dealkylation sites (N-methyl/N-ethyl adjacent to an activating group) is 1. The number of fused-ring (bicyclic) bond motifs is 1. The minimum Gasteiger partial charge on any atom is -0.324 e. The van der Waals surface area contributed by atoms with Gasteiger partial charge in [0.25, 0.3) is 0 Å². The van der Waals surface area contributed by atoms with E-state index < -0.39 is 0 Å². The van der Waals surface area contributed by atoms with Crippen LogP contribution < -0.4 is 10.6 Å². The number of benzene rings is 1. The molecule has 1 unspecified atom stereocenters. The van der Waals surface area contributed by atoms with Gasteiger partial charge in [-0.15, -0.1) is 0 Å². The number of rotatable bonds is 3. The van der Waals surface area contributed by atoms with Crippen molar-refractivity contribution in [3.8, 4) is 0 Å². The molecule has 2 N–H and O–H groups in total. The zero-order chi connectivity index (χ0) is 13.5. The maximum absolute atomic E-state index is 11.7. The van der Waals surface area contributed by atoms with Crippen molar-refractivity contribution < 1.29 is 4.79 Å². The Morgan fingerprint density at radius 1 is 1.44 bits per heavy atom. The highest BCUT2D eigenvalue weighted by molar-refractivity contribution is 6.00. The van der Waals surface area contributed by atoms with Crippen molar-refractivity contribution >= 4 is 11.6 Å². The van der Waals surface area contributed by atoms with E-state index in [1.165, 1.54) is 0 Å². The van der Waals surface area contributed by atoms with Gasteiger partial charge in [0.2, 0.25) is 5.91 Å². The molecule has 0 radical (unpaired) electrons. The molecular weight excluding hydrogens is 224 g/mol. The van der Waals surface area contributed by atoms with Crippen LogP contribution >= 0.6 is 0 Å². The number of nitrogens with zero attached hydrogens (tertiary/aromatic N) is 1. The highest BCUT2D eigenvalue weighted by Gasteiger charge is 2.29. The van der Waals surface area contributed by atoms with E-state index in [4.69, 9.17) is 5.73 Å². The van der Waals surface area contributed by atoms with Crippen molar-refractivity contribution in [2.75, 3.05) is 11.9 Å². The van der Waals surface area contributed by atoms with Crippen molar-refractivity contribution in [3.63, 3.8) is 0 Å². The lowest BCUT2D eigenvalue weighted by Gasteiger charge is -2.31. The number of anilines is 1. The Labute approximate surface area is 109 Å². The van der Waals surface area contributed by atoms with Crippen LogP contribution in [0.4, 0.5) is 5.69 Å². The van der Waals surface area contributed by atoms with E-state index >= 15 is 0 Å². The van der Waals surface area contributed by atoms with Gasteiger partial charge in [-0.1, -0.05) is 32.9 Å². The summed E-state index contributed by atoms with van der Waals surface area (Å²) >= 11 is 0. The summed E-state index contributed by atoms with van der Waals surface area (Å²) in [6.07, 6.45) is 1.53. The molecule has 0 saturated carbocycles. The zero-order valence-electron chi connectivity index (χ0n) is 11.7. The Morgan fingerprint density at radius 3 is 2.72 bits per heavy atom. The molecule has 0 bridgehead atoms. The standard InChI is InChI=1S/C15H22N2O/c1-5-15(2,3)14(16)10-6-7-12-11(8-10)9-13(18)17(12)4/h6-8,14H,5,9,16H2,1-4H3. The molecule has 0 fully saturated rings. The second-order valence-corrected chi connectivity index (χ2v) is 5.84. The van der Waals surface area contributed by atoms with E-state index in [0.717, 1.165) is 23.2 Å². The summed E-state index contributed by atoms with van der Waals surface area (Å²) in [5.41, 5.74) is 9.67. The summed E-state index contributed by atoms with van der Waals surface area (Å²) in [6, 6.07) is 6.17. The van der Waals surface area contributed by atoms with Gasteiger partial charge in [0.05, 0.1) is 6.42 Å². The molecule has 1 heterocycles. The van der Waals surface area contributed by atoms with Crippen LogP contribution in [0.5, 0.6) is 0 Å². The fraction of sp³-hybridized carbons (Fsp3) is 0.533. The summed E-state index contributed by atoms with van der Waals surface area (Å²) in [7, 11) is 1.82. The first-order valence-corrected chi connectivity index (χ1v) is 6.52. The van der Waals surface area contributed by atoms with Crippen molar-refractivity contribution in [2.24, 2.45) is 11.1 Å². The van der Waals surface area contributed by atoms with E-state index in [-0.39, 0.29) is 17.4 Å². The van der Waals surface area contributed by atoms with Crippen molar-refractivity contribution in [2.45, 2.75) is 39.7 Å². The van der Waals surface area contributed by atoms with Gasteiger partial charge in [0.15, 0.2) is 0 Å². The SMILES string of the molecule is CCC(C)(C)C(N)c1ccc2c(c1)CC(=O)N2C. The fourth-order valence-corrected chi connectivity index (χ4v) is 2.35. The zero-order valence-corrected chi connectivity index (χ0v) is 11.7. The molecule has 2 rings (SSSR count). The highest BCUT2D eigenvalue weighted by Crippen LogP contribution is 2.37. The van der Waals surface area contributed by atoms with Crippen LogP contribution in [0.1, 0.15) is 44.4 Å². The van der Waals surface area contributed by atoms with Crippen LogP contribution in [0.3, 0.4) is 0 Å². The molecule has 0 aromatic heterocycles. The minimum absolute atomic E-state index is 0.00816. The van der Waals surface area contributed by atoms with Crippen molar-refractivity contribution in [1.29, 1.82) is 0 Å². The molecule has 0 spiro atoms. The number of hydrogen-bond acceptors (Lipinski definition) is 2. The predicted octanol–water partition coefficient (Wildman–Crippen LogP) is 2.64. The average molecular weight is 246 g/mol. The maximum atomic E-state index is 11.7. The quantitative estimate of drug-likeness (QED) is 0.891. The summed E-state index contributed by atoms with van der Waals surface area (Å²) in [5, 5.41) is 0. The van der Waals surface area contributed by atoms with Crippen LogP contribution in [0, 0.1) is 5.41 Å². The van der Waals surface area contributed by atoms with Crippen molar-refractivity contribution in [3.05, 3.63) is 29.3 Å². The Balaban J connectivity index is 2.34. The third-order valence-electron chi connectivity index (χ3n) is 4.29. The van der Waals surface area contributed by atoms with Gasteiger partial charge >= 0.3 is 0 Å². The largest absolute Gasteiger partial charge is 0.324 e. The normalized spacial score (nSPS) is 16.9. The molecule has 0 aliphatic carbocycles. The van der Waals surface area contributed by atoms with Crippen LogP contribution in [-0.4, -0.2) is 13.0 Å². The summed E-state index contributed by atoms with van der Waals surface area (Å²) in [6.45, 7) is 6.52. The number of amides is 1. The van der Waals surface area contributed by atoms with Gasteiger partial charge in [-0.2, -0.15) is 0 Å². The summed E-state index contributed by atoms with van der Waals surface area (Å²) in [4.78, 5) is 13.4. The van der Waals surface area contributed by atoms with Gasteiger partial charge in [0.1, 0.15) is 0 Å². The molecule has 0 saturated heterocycles. The third kappa shape index (κ3) is 2.03. The molecule has 1 aliphatic heterocycles. The second-order valence-electron chi connectivity index (χ2n) is 5.84. The number of nitrogens with two attached hydrogens (primary N) is 1. The summed E-state index contributed by atoms with van der Waals surface area (Å²) < 4.78 is 0. The number of carbonyl (C=O) groups is 1. The van der Waals surface area contributed by atoms with Gasteiger partial charge in [-0.25, -0.2) is 0 Å². The first-order chi connectivity index (χ1) is 8.36. The molecule has 1 amide bonds. The van der Waals surface area contributed by atoms with Gasteiger partial charge in [0, 0.05) is 18.8 Å². The van der Waals surface area contributed by atoms with Gasteiger partial charge in [-0.3, -0.25) is 4.79 Å². The topological polar surface area (TPSA) is 46.3 Å². The third-order valence-corrected chi connectivity index (χ3v) is 4.29. The van der Waals surface area contributed by atoms with Crippen LogP contribution in [0.2, 0.25) is 0 Å². The molecule has 98 valence electrons. The number of hydrogen-bond donors (Lipinski definition) is 1. The first-order valence-electron chi connectivity index (χ1n) is 6.52. The lowest BCUT2D eigenvalue weighted by Crippen LogP contribution is -2.28. The molecule has 1 aromatic carbocycles. The van der Waals surface area contributed by atoms with Crippen LogP contribution in [0.15, 0.2) is 18.2 Å². The predicted molar refractivity (Wildman–Crippen MR) is 74.6 cm³/mol. The monoisotopic (exact) mass is 246 g/mol. The van der Waals surface area contributed by atoms with Crippen molar-refractivity contribution in [1.82, 2.24) is 0 Å². The minimum atomic E-state index is 0.00816. The van der Waals surface area contributed by atoms with Gasteiger partial charge in [-0.05, 0) is 29.0 Å². The average Bonchev–Trinajstić information content (AvgIpc) is 2.63. The molecule has 3 nitrogen and oxygen atoms in total. The van der Waals surface area contributed by atoms with Crippen LogP contribution in [0.25, 0.3) is 0 Å². The molecule has 1 atom stereocenters. The molecular formula is C15H22N2O. The smallest absolute Gasteiger partial charge is 0.231 e. The van der Waals surface area contributed by atoms with E-state index in [2.05, 4.69) is 32.9 Å². The lowest BCUT2D eigenvalue weighted by atomic mass is 9.78. The summed E-state index contributed by atoms with van der Waals surface area (Å²) in [5.74, 6) is 0.158. The fourth-order valence-electron chi connectivity index (χ4n) is 2.35. The second kappa shape index (κ2) is 4.39. The maximum Gasteiger partial charge on any atom is 0.231 e. The Hall–Kier alpha value is -1.35. The van der Waals surface area contributed by atoms with E-state index in [9.17, 15) is 4.79 Å².